The molecule has 0 atom stereocenters. The van der Waals surface area contributed by atoms with Gasteiger partial charge in [-0.3, -0.25) is 0 Å². The van der Waals surface area contributed by atoms with Crippen LogP contribution in [0.1, 0.15) is 32.0 Å². The largest absolute Gasteiger partial charge is 0.385 e. The number of aromatic nitrogens is 2. The molecule has 1 aromatic heterocycles. The van der Waals surface area contributed by atoms with Crippen LogP contribution in [0.15, 0.2) is 11.2 Å². The highest BCUT2D eigenvalue weighted by atomic mass is 35.7. The highest BCUT2D eigenvalue weighted by Crippen LogP contribution is 2.19. The third-order valence-electron chi connectivity index (χ3n) is 2.67. The Morgan fingerprint density at radius 2 is 2.05 bits per heavy atom. The zero-order chi connectivity index (χ0) is 15.2. The van der Waals surface area contributed by atoms with Gasteiger partial charge in [-0.25, -0.2) is 13.4 Å². The lowest BCUT2D eigenvalue weighted by Crippen LogP contribution is -2.10. The average molecular weight is 325 g/mol. The summed E-state index contributed by atoms with van der Waals surface area (Å²) >= 11 is 0. The van der Waals surface area contributed by atoms with E-state index in [1.165, 1.54) is 6.20 Å². The van der Waals surface area contributed by atoms with Gasteiger partial charge in [0, 0.05) is 49.7 Å². The summed E-state index contributed by atoms with van der Waals surface area (Å²) in [4.78, 5) is 4.08. The van der Waals surface area contributed by atoms with Gasteiger partial charge < -0.3 is 14.0 Å². The first-order chi connectivity index (χ1) is 9.36. The Balaban J connectivity index is 2.62. The van der Waals surface area contributed by atoms with Crippen molar-refractivity contribution < 1.29 is 17.9 Å². The van der Waals surface area contributed by atoms with Crippen LogP contribution in [0.5, 0.6) is 0 Å². The maximum absolute atomic E-state index is 11.3. The van der Waals surface area contributed by atoms with Crippen molar-refractivity contribution in [3.05, 3.63) is 12.0 Å². The Bertz CT molecular complexity index is 514. The van der Waals surface area contributed by atoms with Crippen LogP contribution in [0.4, 0.5) is 0 Å². The fourth-order valence-corrected chi connectivity index (χ4v) is 2.41. The summed E-state index contributed by atoms with van der Waals surface area (Å²) in [7, 11) is 3.17. The van der Waals surface area contributed by atoms with Crippen LogP contribution < -0.4 is 0 Å². The predicted molar refractivity (Wildman–Crippen MR) is 76.7 cm³/mol. The second kappa shape index (κ2) is 7.97. The minimum atomic E-state index is -3.80. The average Bonchev–Trinajstić information content (AvgIpc) is 2.77. The van der Waals surface area contributed by atoms with Crippen molar-refractivity contribution in [2.75, 3.05) is 26.9 Å². The normalized spacial score (nSPS) is 12.2. The highest BCUT2D eigenvalue weighted by molar-refractivity contribution is 8.13. The molecule has 8 heteroatoms. The molecule has 0 spiro atoms. The van der Waals surface area contributed by atoms with Crippen LogP contribution in [0.2, 0.25) is 0 Å². The first-order valence-electron chi connectivity index (χ1n) is 6.44. The third kappa shape index (κ3) is 5.40. The molecule has 0 unspecified atom stereocenters. The number of hydrogen-bond donors (Lipinski definition) is 0. The molecule has 1 heterocycles. The summed E-state index contributed by atoms with van der Waals surface area (Å²) in [5.74, 6) is 0.792. The van der Waals surface area contributed by atoms with E-state index in [4.69, 9.17) is 20.2 Å². The molecular weight excluding hydrogens is 304 g/mol. The smallest absolute Gasteiger partial charge is 0.280 e. The van der Waals surface area contributed by atoms with E-state index in [1.54, 1.807) is 11.7 Å². The summed E-state index contributed by atoms with van der Waals surface area (Å²) in [6.07, 6.45) is 2.29. The molecule has 0 saturated carbocycles. The molecule has 1 rings (SSSR count). The molecule has 0 aliphatic heterocycles. The molecular formula is C12H21ClN2O4S. The van der Waals surface area contributed by atoms with Crippen LogP contribution in [-0.2, 0) is 25.1 Å². The number of ether oxygens (including phenoxy) is 2. The quantitative estimate of drug-likeness (QED) is 0.513. The van der Waals surface area contributed by atoms with Gasteiger partial charge in [-0.1, -0.05) is 13.8 Å². The zero-order valence-electron chi connectivity index (χ0n) is 12.0. The molecule has 0 aromatic carbocycles. The van der Waals surface area contributed by atoms with Crippen molar-refractivity contribution in [1.29, 1.82) is 0 Å². The van der Waals surface area contributed by atoms with Gasteiger partial charge >= 0.3 is 0 Å². The van der Waals surface area contributed by atoms with E-state index in [0.29, 0.717) is 32.2 Å². The fraction of sp³-hybridized carbons (Fsp3) is 0.750. The molecule has 0 fully saturated rings. The van der Waals surface area contributed by atoms with Gasteiger partial charge in [0.25, 0.3) is 9.05 Å². The van der Waals surface area contributed by atoms with E-state index in [0.717, 1.165) is 6.42 Å². The minimum absolute atomic E-state index is 0.107. The summed E-state index contributed by atoms with van der Waals surface area (Å²) in [5, 5.41) is -0.109. The summed E-state index contributed by atoms with van der Waals surface area (Å²) < 4.78 is 34.8. The zero-order valence-corrected chi connectivity index (χ0v) is 13.6. The Morgan fingerprint density at radius 3 is 2.60 bits per heavy atom. The summed E-state index contributed by atoms with van der Waals surface area (Å²) in [6, 6.07) is 0. The van der Waals surface area contributed by atoms with Gasteiger partial charge in [0.15, 0.2) is 5.03 Å². The van der Waals surface area contributed by atoms with Crippen LogP contribution in [0.25, 0.3) is 0 Å². The van der Waals surface area contributed by atoms with Crippen molar-refractivity contribution in [1.82, 2.24) is 9.55 Å². The number of nitrogens with zero attached hydrogens (tertiary/aromatic N) is 2. The third-order valence-corrected chi connectivity index (χ3v) is 3.84. The Hall–Kier alpha value is -0.630. The molecule has 0 bridgehead atoms. The van der Waals surface area contributed by atoms with E-state index in [9.17, 15) is 8.42 Å². The summed E-state index contributed by atoms with van der Waals surface area (Å²) in [5.41, 5.74) is 0. The van der Waals surface area contributed by atoms with Crippen LogP contribution in [0, 0.1) is 0 Å². The van der Waals surface area contributed by atoms with E-state index >= 15 is 0 Å². The van der Waals surface area contributed by atoms with Gasteiger partial charge in [0.05, 0.1) is 6.61 Å². The van der Waals surface area contributed by atoms with E-state index in [-0.39, 0.29) is 10.9 Å². The van der Waals surface area contributed by atoms with Crippen molar-refractivity contribution in [2.24, 2.45) is 0 Å². The van der Waals surface area contributed by atoms with Gasteiger partial charge in [-0.15, -0.1) is 0 Å². The van der Waals surface area contributed by atoms with Crippen molar-refractivity contribution in [3.63, 3.8) is 0 Å². The first kappa shape index (κ1) is 17.4. The second-order valence-electron chi connectivity index (χ2n) is 4.68. The summed E-state index contributed by atoms with van der Waals surface area (Å²) in [6.45, 7) is 6.20. The molecule has 0 N–H and O–H groups in total. The topological polar surface area (TPSA) is 70.4 Å². The molecule has 1 aromatic rings. The molecule has 0 aliphatic carbocycles. The molecule has 0 saturated heterocycles. The van der Waals surface area contributed by atoms with Crippen LogP contribution >= 0.6 is 10.7 Å². The second-order valence-corrected chi connectivity index (χ2v) is 7.19. The standard InChI is InChI=1S/C12H21ClN2O4S/c1-10(2)12-14-11(20(13,16)17)9-15(12)5-8-19-7-4-6-18-3/h9-10H,4-8H2,1-3H3. The van der Waals surface area contributed by atoms with E-state index < -0.39 is 9.05 Å². The Kier molecular flexibility index (Phi) is 6.94. The number of hydrogen-bond acceptors (Lipinski definition) is 5. The molecule has 20 heavy (non-hydrogen) atoms. The maximum Gasteiger partial charge on any atom is 0.280 e. The van der Waals surface area contributed by atoms with E-state index in [2.05, 4.69) is 4.98 Å². The SMILES string of the molecule is COCCCOCCn1cc(S(=O)(=O)Cl)nc1C(C)C. The predicted octanol–water partition coefficient (Wildman–Crippen LogP) is 1.99. The van der Waals surface area contributed by atoms with Crippen LogP contribution in [0.3, 0.4) is 0 Å². The maximum atomic E-state index is 11.3. The Labute approximate surface area is 124 Å². The first-order valence-corrected chi connectivity index (χ1v) is 8.75. The molecule has 0 aliphatic rings. The van der Waals surface area contributed by atoms with Crippen molar-refractivity contribution in [2.45, 2.75) is 37.8 Å². The highest BCUT2D eigenvalue weighted by Gasteiger charge is 2.19. The Morgan fingerprint density at radius 1 is 1.35 bits per heavy atom. The van der Waals surface area contributed by atoms with Gasteiger partial charge in [0.2, 0.25) is 0 Å². The minimum Gasteiger partial charge on any atom is -0.385 e. The molecule has 116 valence electrons. The van der Waals surface area contributed by atoms with Gasteiger partial charge in [0.1, 0.15) is 5.82 Å². The fourth-order valence-electron chi connectivity index (χ4n) is 1.73. The van der Waals surface area contributed by atoms with Crippen molar-refractivity contribution in [3.8, 4) is 0 Å². The lowest BCUT2D eigenvalue weighted by Gasteiger charge is -2.10. The van der Waals surface area contributed by atoms with Gasteiger partial charge in [-0.05, 0) is 6.42 Å². The molecule has 0 amide bonds. The number of halogens is 1. The lowest BCUT2D eigenvalue weighted by atomic mass is 10.2. The van der Waals surface area contributed by atoms with Crippen molar-refractivity contribution >= 4 is 19.7 Å². The van der Waals surface area contributed by atoms with Gasteiger partial charge in [-0.2, -0.15) is 0 Å². The molecule has 6 nitrogen and oxygen atoms in total. The number of methoxy groups -OCH3 is 1. The number of imidazole rings is 1. The van der Waals surface area contributed by atoms with Crippen LogP contribution in [-0.4, -0.2) is 44.9 Å². The lowest BCUT2D eigenvalue weighted by molar-refractivity contribution is 0.0972. The molecule has 0 radical (unpaired) electrons. The number of rotatable bonds is 9. The monoisotopic (exact) mass is 324 g/mol. The van der Waals surface area contributed by atoms with E-state index in [1.807, 2.05) is 13.8 Å².